The molecule has 7 nitrogen and oxygen atoms in total. The first-order valence-corrected chi connectivity index (χ1v) is 11.2. The maximum Gasteiger partial charge on any atom is 0.163 e. The van der Waals surface area contributed by atoms with Crippen LogP contribution in [0.15, 0.2) is 60.9 Å². The van der Waals surface area contributed by atoms with Crippen LogP contribution in [-0.2, 0) is 4.74 Å². The first-order chi connectivity index (χ1) is 16.2. The van der Waals surface area contributed by atoms with E-state index >= 15 is 0 Å². The Labute approximate surface area is 193 Å². The number of fused-ring (bicyclic) bond motifs is 1. The van der Waals surface area contributed by atoms with Crippen molar-refractivity contribution in [2.45, 2.75) is 6.92 Å². The lowest BCUT2D eigenvalue weighted by atomic mass is 9.97. The SMILES string of the molecule is Cc1c(-c2ccc(OCCN3CCOCC3)cc2)ccc2nc(-c3cccnc3)nc(N)c12. The number of aromatic nitrogens is 3. The van der Waals surface area contributed by atoms with E-state index in [0.717, 1.165) is 71.8 Å². The Bertz CT molecular complexity index is 1240. The third-order valence-corrected chi connectivity index (χ3v) is 6.02. The second-order valence-electron chi connectivity index (χ2n) is 8.13. The zero-order chi connectivity index (χ0) is 22.6. The first kappa shape index (κ1) is 21.3. The quantitative estimate of drug-likeness (QED) is 0.485. The largest absolute Gasteiger partial charge is 0.492 e. The summed E-state index contributed by atoms with van der Waals surface area (Å²) >= 11 is 0. The molecular weight excluding hydrogens is 414 g/mol. The van der Waals surface area contributed by atoms with E-state index in [9.17, 15) is 0 Å². The van der Waals surface area contributed by atoms with Crippen LogP contribution < -0.4 is 10.5 Å². The van der Waals surface area contributed by atoms with Gasteiger partial charge in [-0.3, -0.25) is 9.88 Å². The van der Waals surface area contributed by atoms with Gasteiger partial charge in [0, 0.05) is 43.0 Å². The molecule has 0 bridgehead atoms. The molecule has 1 fully saturated rings. The van der Waals surface area contributed by atoms with Crippen LogP contribution in [0.25, 0.3) is 33.4 Å². The molecule has 7 heteroatoms. The van der Waals surface area contributed by atoms with Crippen LogP contribution in [0.5, 0.6) is 5.75 Å². The molecule has 33 heavy (non-hydrogen) atoms. The van der Waals surface area contributed by atoms with Gasteiger partial charge >= 0.3 is 0 Å². The van der Waals surface area contributed by atoms with E-state index in [1.165, 1.54) is 0 Å². The summed E-state index contributed by atoms with van der Waals surface area (Å²) in [4.78, 5) is 15.8. The van der Waals surface area contributed by atoms with E-state index in [4.69, 9.17) is 20.2 Å². The number of ether oxygens (including phenoxy) is 2. The minimum atomic E-state index is 0.473. The summed E-state index contributed by atoms with van der Waals surface area (Å²) < 4.78 is 11.3. The highest BCUT2D eigenvalue weighted by atomic mass is 16.5. The van der Waals surface area contributed by atoms with Gasteiger partial charge in [0.1, 0.15) is 18.2 Å². The zero-order valence-electron chi connectivity index (χ0n) is 18.7. The molecule has 1 saturated heterocycles. The molecule has 4 aromatic rings. The lowest BCUT2D eigenvalue weighted by Gasteiger charge is -2.26. The summed E-state index contributed by atoms with van der Waals surface area (Å²) in [7, 11) is 0. The third kappa shape index (κ3) is 4.65. The van der Waals surface area contributed by atoms with Crippen molar-refractivity contribution in [2.75, 3.05) is 45.2 Å². The number of nitrogen functional groups attached to an aromatic ring is 1. The maximum atomic E-state index is 6.38. The molecule has 3 heterocycles. The van der Waals surface area contributed by atoms with Crippen LogP contribution in [0.3, 0.4) is 0 Å². The fourth-order valence-electron chi connectivity index (χ4n) is 4.21. The van der Waals surface area contributed by atoms with E-state index in [2.05, 4.69) is 40.0 Å². The van der Waals surface area contributed by atoms with Gasteiger partial charge in [-0.2, -0.15) is 0 Å². The maximum absolute atomic E-state index is 6.38. The fraction of sp³-hybridized carbons (Fsp3) is 0.269. The van der Waals surface area contributed by atoms with Crippen LogP contribution in [-0.4, -0.2) is 59.3 Å². The van der Waals surface area contributed by atoms with Crippen molar-refractivity contribution >= 4 is 16.7 Å². The number of benzene rings is 2. The highest BCUT2D eigenvalue weighted by Crippen LogP contribution is 2.33. The summed E-state index contributed by atoms with van der Waals surface area (Å²) in [5.41, 5.74) is 11.3. The summed E-state index contributed by atoms with van der Waals surface area (Å²) in [5.74, 6) is 1.93. The average Bonchev–Trinajstić information content (AvgIpc) is 2.86. The molecule has 0 amide bonds. The Morgan fingerprint density at radius 2 is 1.82 bits per heavy atom. The van der Waals surface area contributed by atoms with Gasteiger partial charge in [0.05, 0.1) is 18.7 Å². The molecule has 2 N–H and O–H groups in total. The number of hydrogen-bond donors (Lipinski definition) is 1. The number of anilines is 1. The molecular formula is C26H27N5O2. The monoisotopic (exact) mass is 441 g/mol. The number of hydrogen-bond acceptors (Lipinski definition) is 7. The Balaban J connectivity index is 1.35. The molecule has 5 rings (SSSR count). The number of nitrogens with two attached hydrogens (primary N) is 1. The van der Waals surface area contributed by atoms with Gasteiger partial charge in [0.25, 0.3) is 0 Å². The van der Waals surface area contributed by atoms with Crippen molar-refractivity contribution < 1.29 is 9.47 Å². The Morgan fingerprint density at radius 1 is 1.00 bits per heavy atom. The predicted octanol–water partition coefficient (Wildman–Crippen LogP) is 3.96. The first-order valence-electron chi connectivity index (χ1n) is 11.2. The normalized spacial score (nSPS) is 14.5. The molecule has 0 aliphatic carbocycles. The third-order valence-electron chi connectivity index (χ3n) is 6.02. The minimum absolute atomic E-state index is 0.473. The average molecular weight is 442 g/mol. The molecule has 2 aromatic carbocycles. The highest BCUT2D eigenvalue weighted by molar-refractivity contribution is 5.96. The van der Waals surface area contributed by atoms with Crippen LogP contribution in [0.2, 0.25) is 0 Å². The number of morpholine rings is 1. The van der Waals surface area contributed by atoms with Crippen LogP contribution in [0.1, 0.15) is 5.56 Å². The predicted molar refractivity (Wildman–Crippen MR) is 130 cm³/mol. The second-order valence-corrected chi connectivity index (χ2v) is 8.13. The molecule has 0 atom stereocenters. The fourth-order valence-corrected chi connectivity index (χ4v) is 4.21. The summed E-state index contributed by atoms with van der Waals surface area (Å²) in [6.45, 7) is 7.20. The van der Waals surface area contributed by atoms with E-state index in [-0.39, 0.29) is 0 Å². The Kier molecular flexibility index (Phi) is 6.15. The molecule has 1 aliphatic heterocycles. The molecule has 168 valence electrons. The number of nitrogens with zero attached hydrogens (tertiary/aromatic N) is 4. The van der Waals surface area contributed by atoms with Gasteiger partial charge < -0.3 is 15.2 Å². The van der Waals surface area contributed by atoms with Crippen molar-refractivity contribution in [3.05, 3.63) is 66.5 Å². The van der Waals surface area contributed by atoms with Crippen molar-refractivity contribution in [3.63, 3.8) is 0 Å². The summed E-state index contributed by atoms with van der Waals surface area (Å²) in [6.07, 6.45) is 3.47. The Hall–Kier alpha value is -3.55. The molecule has 2 aromatic heterocycles. The van der Waals surface area contributed by atoms with E-state index < -0.39 is 0 Å². The van der Waals surface area contributed by atoms with E-state index in [0.29, 0.717) is 18.2 Å². The van der Waals surface area contributed by atoms with Gasteiger partial charge in [-0.25, -0.2) is 9.97 Å². The molecule has 0 spiro atoms. The van der Waals surface area contributed by atoms with Gasteiger partial charge in [0.2, 0.25) is 0 Å². The summed E-state index contributed by atoms with van der Waals surface area (Å²) in [6, 6.07) is 16.1. The van der Waals surface area contributed by atoms with Crippen LogP contribution in [0.4, 0.5) is 5.82 Å². The standard InChI is InChI=1S/C26H27N5O2/c1-18-22(19-4-6-21(7-5-19)33-16-13-31-11-14-32-15-12-31)8-9-23-24(18)25(27)30-26(29-23)20-3-2-10-28-17-20/h2-10,17H,11-16H2,1H3,(H2,27,29,30). The number of rotatable bonds is 6. The van der Waals surface area contributed by atoms with E-state index in [1.807, 2.05) is 30.3 Å². The van der Waals surface area contributed by atoms with Gasteiger partial charge in [-0.1, -0.05) is 18.2 Å². The van der Waals surface area contributed by atoms with E-state index in [1.54, 1.807) is 12.4 Å². The molecule has 0 saturated carbocycles. The van der Waals surface area contributed by atoms with Crippen molar-refractivity contribution in [1.29, 1.82) is 0 Å². The second kappa shape index (κ2) is 9.52. The topological polar surface area (TPSA) is 86.4 Å². The number of pyridine rings is 1. The van der Waals surface area contributed by atoms with Crippen LogP contribution in [0, 0.1) is 6.92 Å². The minimum Gasteiger partial charge on any atom is -0.492 e. The summed E-state index contributed by atoms with van der Waals surface area (Å²) in [5, 5.41) is 0.881. The smallest absolute Gasteiger partial charge is 0.163 e. The van der Waals surface area contributed by atoms with Gasteiger partial charge in [-0.15, -0.1) is 0 Å². The van der Waals surface area contributed by atoms with Crippen molar-refractivity contribution in [2.24, 2.45) is 0 Å². The van der Waals surface area contributed by atoms with Crippen molar-refractivity contribution in [3.8, 4) is 28.3 Å². The lowest BCUT2D eigenvalue weighted by Crippen LogP contribution is -2.38. The zero-order valence-corrected chi connectivity index (χ0v) is 18.7. The van der Waals surface area contributed by atoms with Crippen LogP contribution >= 0.6 is 0 Å². The van der Waals surface area contributed by atoms with Gasteiger partial charge in [-0.05, 0) is 53.9 Å². The lowest BCUT2D eigenvalue weighted by molar-refractivity contribution is 0.0322. The molecule has 1 aliphatic rings. The Morgan fingerprint density at radius 3 is 2.58 bits per heavy atom. The van der Waals surface area contributed by atoms with Crippen molar-refractivity contribution in [1.82, 2.24) is 19.9 Å². The highest BCUT2D eigenvalue weighted by Gasteiger charge is 2.14. The number of aryl methyl sites for hydroxylation is 1. The molecule has 0 unspecified atom stereocenters. The van der Waals surface area contributed by atoms with Gasteiger partial charge in [0.15, 0.2) is 5.82 Å². The molecule has 0 radical (unpaired) electrons.